The maximum Gasteiger partial charge on any atom is 0.326 e. The van der Waals surface area contributed by atoms with Crippen LogP contribution < -0.4 is 0 Å². The quantitative estimate of drug-likeness (QED) is 0.197. The fourth-order valence-corrected chi connectivity index (χ4v) is 0.465. The Morgan fingerprint density at radius 3 is 2.00 bits per heavy atom. The van der Waals surface area contributed by atoms with Gasteiger partial charge in [-0.15, -0.1) is 0 Å². The monoisotopic (exact) mass is 173 g/mol. The molecule has 0 aliphatic carbocycles. The number of azide groups is 1. The van der Waals surface area contributed by atoms with E-state index in [1.807, 2.05) is 0 Å². The van der Waals surface area contributed by atoms with Crippen molar-refractivity contribution in [1.29, 1.82) is 0 Å². The molecular formula is C5H7N3O4. The molecule has 7 heteroatoms. The van der Waals surface area contributed by atoms with Crippen molar-refractivity contribution in [3.63, 3.8) is 0 Å². The molecule has 0 unspecified atom stereocenters. The van der Waals surface area contributed by atoms with E-state index >= 15 is 0 Å². The summed E-state index contributed by atoms with van der Waals surface area (Å²) in [5, 5.41) is 2.90. The number of methoxy groups -OCH3 is 2. The van der Waals surface area contributed by atoms with Crippen molar-refractivity contribution in [2.45, 2.75) is 6.04 Å². The summed E-state index contributed by atoms with van der Waals surface area (Å²) < 4.78 is 8.37. The Morgan fingerprint density at radius 2 is 1.75 bits per heavy atom. The fourth-order valence-electron chi connectivity index (χ4n) is 0.465. The van der Waals surface area contributed by atoms with Gasteiger partial charge < -0.3 is 9.47 Å². The summed E-state index contributed by atoms with van der Waals surface area (Å²) in [6.45, 7) is 0. The van der Waals surface area contributed by atoms with Crippen molar-refractivity contribution in [3.8, 4) is 0 Å². The molecular weight excluding hydrogens is 166 g/mol. The molecule has 0 aliphatic heterocycles. The highest BCUT2D eigenvalue weighted by molar-refractivity contribution is 5.99. The third-order valence-electron chi connectivity index (χ3n) is 1.02. The lowest BCUT2D eigenvalue weighted by atomic mass is 10.3. The second kappa shape index (κ2) is 4.97. The van der Waals surface area contributed by atoms with E-state index in [0.717, 1.165) is 14.2 Å². The highest BCUT2D eigenvalue weighted by Crippen LogP contribution is 1.97. The van der Waals surface area contributed by atoms with Crippen molar-refractivity contribution < 1.29 is 19.1 Å². The van der Waals surface area contributed by atoms with Gasteiger partial charge in [0.1, 0.15) is 0 Å². The predicted octanol–water partition coefficient (Wildman–Crippen LogP) is 0.0113. The van der Waals surface area contributed by atoms with Gasteiger partial charge in [-0.2, -0.15) is 0 Å². The first-order chi connectivity index (χ1) is 5.67. The summed E-state index contributed by atoms with van der Waals surface area (Å²) >= 11 is 0. The standard InChI is InChI=1S/C5H7N3O4/c1-11-4(9)3(7-8-6)5(10)12-2/h3H,1-2H3. The minimum atomic E-state index is -1.55. The normalized spacial score (nSPS) is 8.58. The van der Waals surface area contributed by atoms with Crippen molar-refractivity contribution in [2.24, 2.45) is 5.11 Å². The van der Waals surface area contributed by atoms with Crippen LogP contribution in [0.2, 0.25) is 0 Å². The number of esters is 2. The van der Waals surface area contributed by atoms with E-state index in [4.69, 9.17) is 5.53 Å². The van der Waals surface area contributed by atoms with Gasteiger partial charge in [-0.1, -0.05) is 5.11 Å². The molecule has 0 heterocycles. The van der Waals surface area contributed by atoms with E-state index in [0.29, 0.717) is 0 Å². The topological polar surface area (TPSA) is 101 Å². The lowest BCUT2D eigenvalue weighted by molar-refractivity contribution is -0.153. The van der Waals surface area contributed by atoms with Crippen LogP contribution in [0, 0.1) is 0 Å². The first-order valence-electron chi connectivity index (χ1n) is 2.87. The predicted molar refractivity (Wildman–Crippen MR) is 37.0 cm³/mol. The maximum absolute atomic E-state index is 10.7. The van der Waals surface area contributed by atoms with Gasteiger partial charge in [-0.3, -0.25) is 9.59 Å². The second-order valence-electron chi connectivity index (χ2n) is 1.65. The molecule has 0 bridgehead atoms. The van der Waals surface area contributed by atoms with Gasteiger partial charge in [0.2, 0.25) is 6.04 Å². The number of nitrogens with zero attached hydrogens (tertiary/aromatic N) is 3. The molecule has 0 saturated heterocycles. The third kappa shape index (κ3) is 2.47. The van der Waals surface area contributed by atoms with Crippen LogP contribution in [-0.4, -0.2) is 32.2 Å². The van der Waals surface area contributed by atoms with E-state index in [-0.39, 0.29) is 0 Å². The van der Waals surface area contributed by atoms with Gasteiger partial charge in [0.25, 0.3) is 0 Å². The smallest absolute Gasteiger partial charge is 0.326 e. The molecule has 0 rings (SSSR count). The van der Waals surface area contributed by atoms with Crippen LogP contribution >= 0.6 is 0 Å². The molecule has 0 aromatic heterocycles. The number of carbonyl (C=O) groups is 2. The minimum absolute atomic E-state index is 0.945. The molecule has 0 aliphatic rings. The Morgan fingerprint density at radius 1 is 1.33 bits per heavy atom. The Labute approximate surface area is 67.9 Å². The lowest BCUT2D eigenvalue weighted by Gasteiger charge is -2.04. The van der Waals surface area contributed by atoms with Crippen molar-refractivity contribution in [1.82, 2.24) is 0 Å². The molecule has 0 aromatic carbocycles. The summed E-state index contributed by atoms with van der Waals surface area (Å²) in [5.74, 6) is -1.89. The zero-order valence-electron chi connectivity index (χ0n) is 6.55. The van der Waals surface area contributed by atoms with Crippen LogP contribution in [0.15, 0.2) is 5.11 Å². The first kappa shape index (κ1) is 10.2. The Balaban J connectivity index is 4.53. The van der Waals surface area contributed by atoms with Crippen molar-refractivity contribution in [3.05, 3.63) is 10.4 Å². The van der Waals surface area contributed by atoms with Crippen LogP contribution in [0.3, 0.4) is 0 Å². The van der Waals surface area contributed by atoms with Gasteiger partial charge in [-0.25, -0.2) is 0 Å². The molecule has 0 aromatic rings. The molecule has 0 radical (unpaired) electrons. The molecule has 7 nitrogen and oxygen atoms in total. The highest BCUT2D eigenvalue weighted by Gasteiger charge is 2.26. The van der Waals surface area contributed by atoms with E-state index in [1.165, 1.54) is 0 Å². The van der Waals surface area contributed by atoms with E-state index in [1.54, 1.807) is 0 Å². The van der Waals surface area contributed by atoms with Crippen molar-refractivity contribution >= 4 is 11.9 Å². The minimum Gasteiger partial charge on any atom is -0.468 e. The van der Waals surface area contributed by atoms with Crippen LogP contribution in [0.25, 0.3) is 10.4 Å². The molecule has 0 amide bonds. The zero-order chi connectivity index (χ0) is 9.56. The Hall–Kier alpha value is -1.75. The van der Waals surface area contributed by atoms with Gasteiger partial charge in [0, 0.05) is 4.91 Å². The fraction of sp³-hybridized carbons (Fsp3) is 0.600. The van der Waals surface area contributed by atoms with E-state index in [9.17, 15) is 9.59 Å². The number of rotatable bonds is 3. The first-order valence-corrected chi connectivity index (χ1v) is 2.87. The summed E-state index contributed by atoms with van der Waals surface area (Å²) in [6, 6.07) is -1.55. The maximum atomic E-state index is 10.7. The average Bonchev–Trinajstić information content (AvgIpc) is 2.11. The number of hydrogen-bond donors (Lipinski definition) is 0. The summed E-state index contributed by atoms with van der Waals surface area (Å²) in [4.78, 5) is 23.7. The molecule has 66 valence electrons. The van der Waals surface area contributed by atoms with Crippen LogP contribution in [0.4, 0.5) is 0 Å². The largest absolute Gasteiger partial charge is 0.468 e. The molecule has 0 fully saturated rings. The zero-order valence-corrected chi connectivity index (χ0v) is 6.55. The van der Waals surface area contributed by atoms with Crippen LogP contribution in [-0.2, 0) is 19.1 Å². The van der Waals surface area contributed by atoms with Crippen molar-refractivity contribution in [2.75, 3.05) is 14.2 Å². The highest BCUT2D eigenvalue weighted by atomic mass is 16.5. The lowest BCUT2D eigenvalue weighted by Crippen LogP contribution is -2.29. The van der Waals surface area contributed by atoms with E-state index < -0.39 is 18.0 Å². The Kier molecular flexibility index (Phi) is 4.25. The SMILES string of the molecule is COC(=O)C(N=[N+]=[N-])C(=O)OC. The average molecular weight is 173 g/mol. The van der Waals surface area contributed by atoms with Gasteiger partial charge >= 0.3 is 11.9 Å². The molecule has 0 saturated carbocycles. The van der Waals surface area contributed by atoms with Gasteiger partial charge in [0.05, 0.1) is 14.2 Å². The van der Waals surface area contributed by atoms with Gasteiger partial charge in [-0.05, 0) is 5.53 Å². The number of carbonyl (C=O) groups excluding carboxylic acids is 2. The molecule has 0 atom stereocenters. The summed E-state index contributed by atoms with van der Waals surface area (Å²) in [7, 11) is 2.15. The molecule has 12 heavy (non-hydrogen) atoms. The number of hydrogen-bond acceptors (Lipinski definition) is 5. The summed E-state index contributed by atoms with van der Waals surface area (Å²) in [5.41, 5.74) is 7.97. The number of ether oxygens (including phenoxy) is 2. The van der Waals surface area contributed by atoms with Crippen LogP contribution in [0.1, 0.15) is 0 Å². The third-order valence-corrected chi connectivity index (χ3v) is 1.02. The molecule has 0 N–H and O–H groups in total. The second-order valence-corrected chi connectivity index (χ2v) is 1.65. The van der Waals surface area contributed by atoms with Gasteiger partial charge in [0.15, 0.2) is 0 Å². The van der Waals surface area contributed by atoms with Crippen LogP contribution in [0.5, 0.6) is 0 Å². The Bertz CT molecular complexity index is 217. The summed E-state index contributed by atoms with van der Waals surface area (Å²) in [6.07, 6.45) is 0. The van der Waals surface area contributed by atoms with E-state index in [2.05, 4.69) is 19.5 Å². The molecule has 0 spiro atoms.